The first-order chi connectivity index (χ1) is 7.57. The lowest BCUT2D eigenvalue weighted by atomic mass is 10.1. The summed E-state index contributed by atoms with van der Waals surface area (Å²) in [4.78, 5) is 2.26. The van der Waals surface area contributed by atoms with Crippen LogP contribution in [-0.2, 0) is 9.84 Å². The zero-order valence-electron chi connectivity index (χ0n) is 10.4. The highest BCUT2D eigenvalue weighted by atomic mass is 32.2. The van der Waals surface area contributed by atoms with Crippen molar-refractivity contribution in [1.82, 2.24) is 10.2 Å². The van der Waals surface area contributed by atoms with Crippen molar-refractivity contribution in [3.8, 4) is 0 Å². The van der Waals surface area contributed by atoms with E-state index in [1.807, 2.05) is 14.0 Å². The van der Waals surface area contributed by atoms with E-state index in [2.05, 4.69) is 10.2 Å². The number of hydrogen-bond acceptors (Lipinski definition) is 4. The van der Waals surface area contributed by atoms with Crippen molar-refractivity contribution in [3.05, 3.63) is 0 Å². The molecule has 96 valence electrons. The second-order valence-corrected chi connectivity index (χ2v) is 6.88. The molecule has 1 N–H and O–H groups in total. The quantitative estimate of drug-likeness (QED) is 0.743. The summed E-state index contributed by atoms with van der Waals surface area (Å²) in [5, 5.41) is 3.27. The first kappa shape index (κ1) is 13.9. The minimum absolute atomic E-state index is 0.317. The summed E-state index contributed by atoms with van der Waals surface area (Å²) in [7, 11) is -0.843. The van der Waals surface area contributed by atoms with Gasteiger partial charge in [-0.15, -0.1) is 0 Å². The molecule has 0 aromatic carbocycles. The SMILES string of the molecule is CCCS(=O)(=O)CCN1CCCC(NC)C1. The van der Waals surface area contributed by atoms with Gasteiger partial charge in [0.1, 0.15) is 0 Å². The van der Waals surface area contributed by atoms with Crippen LogP contribution in [0.5, 0.6) is 0 Å². The number of nitrogens with one attached hydrogen (secondary N) is 1. The highest BCUT2D eigenvalue weighted by Gasteiger charge is 2.19. The molecular formula is C11H24N2O2S. The fourth-order valence-electron chi connectivity index (χ4n) is 2.18. The lowest BCUT2D eigenvalue weighted by molar-refractivity contribution is 0.205. The lowest BCUT2D eigenvalue weighted by Crippen LogP contribution is -2.45. The topological polar surface area (TPSA) is 49.4 Å². The van der Waals surface area contributed by atoms with Crippen molar-refractivity contribution >= 4 is 9.84 Å². The molecule has 0 aliphatic carbocycles. The maximum absolute atomic E-state index is 11.6. The number of rotatable bonds is 6. The predicted octanol–water partition coefficient (Wildman–Crippen LogP) is 0.495. The number of likely N-dealkylation sites (N-methyl/N-ethyl adjacent to an activating group) is 1. The molecule has 1 heterocycles. The van der Waals surface area contributed by atoms with Crippen molar-refractivity contribution in [2.75, 3.05) is 38.2 Å². The summed E-state index contributed by atoms with van der Waals surface area (Å²) in [6.07, 6.45) is 3.09. The maximum Gasteiger partial charge on any atom is 0.151 e. The Hall–Kier alpha value is -0.130. The van der Waals surface area contributed by atoms with Crippen molar-refractivity contribution in [1.29, 1.82) is 0 Å². The van der Waals surface area contributed by atoms with Crippen molar-refractivity contribution in [2.45, 2.75) is 32.2 Å². The molecule has 0 spiro atoms. The van der Waals surface area contributed by atoms with E-state index in [-0.39, 0.29) is 0 Å². The number of piperidine rings is 1. The monoisotopic (exact) mass is 248 g/mol. The normalized spacial score (nSPS) is 23.5. The third-order valence-corrected chi connectivity index (χ3v) is 4.98. The van der Waals surface area contributed by atoms with Crippen LogP contribution in [0.2, 0.25) is 0 Å². The Balaban J connectivity index is 2.32. The molecular weight excluding hydrogens is 224 g/mol. The fraction of sp³-hybridized carbons (Fsp3) is 1.00. The van der Waals surface area contributed by atoms with Gasteiger partial charge in [-0.1, -0.05) is 6.92 Å². The zero-order chi connectivity index (χ0) is 12.0. The summed E-state index contributed by atoms with van der Waals surface area (Å²) in [6, 6.07) is 0.530. The second-order valence-electron chi connectivity index (χ2n) is 4.58. The molecule has 1 saturated heterocycles. The first-order valence-electron chi connectivity index (χ1n) is 6.17. The number of sulfone groups is 1. The smallest absolute Gasteiger partial charge is 0.151 e. The van der Waals surface area contributed by atoms with Gasteiger partial charge in [0, 0.05) is 24.9 Å². The van der Waals surface area contributed by atoms with E-state index in [1.165, 1.54) is 12.8 Å². The largest absolute Gasteiger partial charge is 0.316 e. The van der Waals surface area contributed by atoms with Gasteiger partial charge in [-0.05, 0) is 32.9 Å². The zero-order valence-corrected chi connectivity index (χ0v) is 11.2. The molecule has 0 aromatic rings. The van der Waals surface area contributed by atoms with E-state index < -0.39 is 9.84 Å². The van der Waals surface area contributed by atoms with Gasteiger partial charge in [0.2, 0.25) is 0 Å². The van der Waals surface area contributed by atoms with Gasteiger partial charge in [0.15, 0.2) is 9.84 Å². The van der Waals surface area contributed by atoms with Gasteiger partial charge >= 0.3 is 0 Å². The molecule has 1 aliphatic rings. The van der Waals surface area contributed by atoms with Gasteiger partial charge in [0.25, 0.3) is 0 Å². The van der Waals surface area contributed by atoms with Crippen molar-refractivity contribution in [3.63, 3.8) is 0 Å². The summed E-state index contributed by atoms with van der Waals surface area (Å²) >= 11 is 0. The predicted molar refractivity (Wildman–Crippen MR) is 67.5 cm³/mol. The average molecular weight is 248 g/mol. The van der Waals surface area contributed by atoms with Crippen LogP contribution >= 0.6 is 0 Å². The second kappa shape index (κ2) is 6.57. The molecule has 1 unspecified atom stereocenters. The van der Waals surface area contributed by atoms with Gasteiger partial charge in [-0.2, -0.15) is 0 Å². The fourth-order valence-corrected chi connectivity index (χ4v) is 3.54. The van der Waals surface area contributed by atoms with Gasteiger partial charge in [0.05, 0.1) is 5.75 Å². The molecule has 0 bridgehead atoms. The Kier molecular flexibility index (Phi) is 5.72. The maximum atomic E-state index is 11.6. The molecule has 1 rings (SSSR count). The standard InChI is InChI=1S/C11H24N2O2S/c1-3-8-16(14,15)9-7-13-6-4-5-11(10-13)12-2/h11-12H,3-10H2,1-2H3. The highest BCUT2D eigenvalue weighted by Crippen LogP contribution is 2.09. The van der Waals surface area contributed by atoms with E-state index in [0.717, 1.165) is 19.5 Å². The molecule has 5 heteroatoms. The van der Waals surface area contributed by atoms with E-state index in [0.29, 0.717) is 24.1 Å². The Bertz CT molecular complexity index is 290. The molecule has 1 atom stereocenters. The van der Waals surface area contributed by atoms with Crippen LogP contribution in [0.1, 0.15) is 26.2 Å². The van der Waals surface area contributed by atoms with E-state index in [9.17, 15) is 8.42 Å². The number of hydrogen-bond donors (Lipinski definition) is 1. The van der Waals surface area contributed by atoms with Crippen LogP contribution < -0.4 is 5.32 Å². The van der Waals surface area contributed by atoms with Gasteiger partial charge in [-0.25, -0.2) is 8.42 Å². The van der Waals surface area contributed by atoms with Crippen LogP contribution in [0.15, 0.2) is 0 Å². The first-order valence-corrected chi connectivity index (χ1v) is 7.99. The minimum atomic E-state index is -2.82. The third kappa shape index (κ3) is 4.80. The molecule has 0 saturated carbocycles. The summed E-state index contributed by atoms with van der Waals surface area (Å²) in [6.45, 7) is 4.63. The molecule has 1 aliphatic heterocycles. The number of nitrogens with zero attached hydrogens (tertiary/aromatic N) is 1. The average Bonchev–Trinajstić information content (AvgIpc) is 2.27. The summed E-state index contributed by atoms with van der Waals surface area (Å²) < 4.78 is 23.2. The van der Waals surface area contributed by atoms with Crippen LogP contribution in [0.4, 0.5) is 0 Å². The van der Waals surface area contributed by atoms with Gasteiger partial charge < -0.3 is 10.2 Å². The third-order valence-electron chi connectivity index (χ3n) is 3.15. The highest BCUT2D eigenvalue weighted by molar-refractivity contribution is 7.91. The Morgan fingerprint density at radius 3 is 2.75 bits per heavy atom. The van der Waals surface area contributed by atoms with E-state index in [4.69, 9.17) is 0 Å². The molecule has 0 amide bonds. The number of likely N-dealkylation sites (tertiary alicyclic amines) is 1. The van der Waals surface area contributed by atoms with Crippen molar-refractivity contribution < 1.29 is 8.42 Å². The lowest BCUT2D eigenvalue weighted by Gasteiger charge is -2.32. The van der Waals surface area contributed by atoms with Crippen LogP contribution in [0.3, 0.4) is 0 Å². The Morgan fingerprint density at radius 2 is 2.12 bits per heavy atom. The summed E-state index contributed by atoms with van der Waals surface area (Å²) in [5.41, 5.74) is 0. The summed E-state index contributed by atoms with van der Waals surface area (Å²) in [5.74, 6) is 0.646. The molecule has 0 radical (unpaired) electrons. The molecule has 16 heavy (non-hydrogen) atoms. The minimum Gasteiger partial charge on any atom is -0.316 e. The Morgan fingerprint density at radius 1 is 1.38 bits per heavy atom. The van der Waals surface area contributed by atoms with Crippen LogP contribution in [-0.4, -0.2) is 57.5 Å². The van der Waals surface area contributed by atoms with E-state index in [1.54, 1.807) is 0 Å². The molecule has 4 nitrogen and oxygen atoms in total. The van der Waals surface area contributed by atoms with Crippen LogP contribution in [0, 0.1) is 0 Å². The molecule has 1 fully saturated rings. The van der Waals surface area contributed by atoms with Gasteiger partial charge in [-0.3, -0.25) is 0 Å². The van der Waals surface area contributed by atoms with Crippen LogP contribution in [0.25, 0.3) is 0 Å². The molecule has 0 aromatic heterocycles. The Labute approximate surface area is 99.3 Å². The van der Waals surface area contributed by atoms with Crippen molar-refractivity contribution in [2.24, 2.45) is 0 Å². The van der Waals surface area contributed by atoms with E-state index >= 15 is 0 Å².